The number of aliphatic hydroxyl groups is 1. The molecule has 98 valence electrons. The lowest BCUT2D eigenvalue weighted by atomic mass is 10.1. The second-order valence-electron chi connectivity index (χ2n) is 4.12. The Labute approximate surface area is 111 Å². The van der Waals surface area contributed by atoms with Gasteiger partial charge in [0.1, 0.15) is 17.3 Å². The Morgan fingerprint density at radius 3 is 2.94 bits per heavy atom. The summed E-state index contributed by atoms with van der Waals surface area (Å²) >= 11 is 5.95. The Balaban J connectivity index is 2.17. The number of hydrogen-bond acceptors (Lipinski definition) is 5. The van der Waals surface area contributed by atoms with Crippen LogP contribution >= 0.6 is 11.6 Å². The minimum atomic E-state index is -0.153. The lowest BCUT2D eigenvalue weighted by Gasteiger charge is -2.28. The second-order valence-corrected chi connectivity index (χ2v) is 4.47. The van der Waals surface area contributed by atoms with Crippen LogP contribution < -0.4 is 4.90 Å². The number of aliphatic hydroxyl groups excluding tert-OH is 1. The van der Waals surface area contributed by atoms with Gasteiger partial charge in [0.2, 0.25) is 0 Å². The van der Waals surface area contributed by atoms with Gasteiger partial charge in [-0.3, -0.25) is 0 Å². The van der Waals surface area contributed by atoms with E-state index in [1.165, 1.54) is 11.9 Å². The van der Waals surface area contributed by atoms with Crippen LogP contribution in [-0.2, 0) is 11.3 Å². The van der Waals surface area contributed by atoms with Crippen molar-refractivity contribution in [2.45, 2.75) is 13.0 Å². The average Bonchev–Trinajstić information content (AvgIpc) is 2.40. The van der Waals surface area contributed by atoms with Crippen LogP contribution in [0.4, 0.5) is 5.82 Å². The molecule has 2 rings (SSSR count). The molecule has 0 aliphatic carbocycles. The van der Waals surface area contributed by atoms with E-state index in [0.717, 1.165) is 19.5 Å². The second kappa shape index (κ2) is 6.13. The normalized spacial score (nSPS) is 15.7. The van der Waals surface area contributed by atoms with E-state index in [-0.39, 0.29) is 6.61 Å². The smallest absolute Gasteiger partial charge is 0.140 e. The van der Waals surface area contributed by atoms with Crippen LogP contribution in [0.3, 0.4) is 0 Å². The molecule has 0 saturated carbocycles. The summed E-state index contributed by atoms with van der Waals surface area (Å²) in [5.74, 6) is 0.713. The molecular weight excluding hydrogens is 254 g/mol. The maximum atomic E-state index is 9.34. The number of halogens is 1. The zero-order valence-corrected chi connectivity index (χ0v) is 11.0. The van der Waals surface area contributed by atoms with E-state index >= 15 is 0 Å². The molecular formula is C12H16ClN3O2. The minimum absolute atomic E-state index is 0.153. The molecule has 1 aromatic rings. The van der Waals surface area contributed by atoms with Gasteiger partial charge >= 0.3 is 0 Å². The maximum absolute atomic E-state index is 9.34. The monoisotopic (exact) mass is 269 g/mol. The van der Waals surface area contributed by atoms with Crippen molar-refractivity contribution in [2.75, 3.05) is 31.7 Å². The van der Waals surface area contributed by atoms with Crippen LogP contribution in [0.15, 0.2) is 18.0 Å². The number of anilines is 1. The molecule has 0 aromatic carbocycles. The van der Waals surface area contributed by atoms with Gasteiger partial charge in [0, 0.05) is 20.2 Å². The lowest BCUT2D eigenvalue weighted by Crippen LogP contribution is -2.31. The number of hydrogen-bond donors (Lipinski definition) is 1. The molecule has 0 radical (unpaired) electrons. The first-order chi connectivity index (χ1) is 8.76. The first kappa shape index (κ1) is 13.3. The summed E-state index contributed by atoms with van der Waals surface area (Å²) < 4.78 is 5.11. The van der Waals surface area contributed by atoms with E-state index in [9.17, 15) is 5.11 Å². The van der Waals surface area contributed by atoms with Gasteiger partial charge in [0.15, 0.2) is 0 Å². The summed E-state index contributed by atoms with van der Waals surface area (Å²) in [6.45, 7) is 2.11. The highest BCUT2D eigenvalue weighted by atomic mass is 35.5. The molecule has 6 heteroatoms. The average molecular weight is 270 g/mol. The third-order valence-corrected chi connectivity index (χ3v) is 3.29. The molecule has 5 nitrogen and oxygen atoms in total. The maximum Gasteiger partial charge on any atom is 0.140 e. The molecule has 1 aliphatic heterocycles. The van der Waals surface area contributed by atoms with E-state index in [1.807, 2.05) is 0 Å². The Kier molecular flexibility index (Phi) is 4.52. The van der Waals surface area contributed by atoms with Crippen LogP contribution in [0.25, 0.3) is 0 Å². The fraction of sp³-hybridized carbons (Fsp3) is 0.500. The summed E-state index contributed by atoms with van der Waals surface area (Å²) in [6.07, 6.45) is 4.48. The van der Waals surface area contributed by atoms with Gasteiger partial charge in [-0.15, -0.1) is 0 Å². The van der Waals surface area contributed by atoms with Crippen molar-refractivity contribution < 1.29 is 9.84 Å². The topological polar surface area (TPSA) is 58.5 Å². The van der Waals surface area contributed by atoms with Gasteiger partial charge in [-0.05, 0) is 12.0 Å². The molecule has 0 amide bonds. The molecule has 0 unspecified atom stereocenters. The van der Waals surface area contributed by atoms with Crippen LogP contribution in [-0.4, -0.2) is 41.9 Å². The molecule has 1 aromatic heterocycles. The summed E-state index contributed by atoms with van der Waals surface area (Å²) in [7, 11) is 1.70. The number of rotatable bonds is 4. The number of aromatic nitrogens is 2. The van der Waals surface area contributed by atoms with Crippen molar-refractivity contribution in [3.63, 3.8) is 0 Å². The third-order valence-electron chi connectivity index (χ3n) is 2.96. The van der Waals surface area contributed by atoms with Gasteiger partial charge in [0.05, 0.1) is 18.8 Å². The summed E-state index contributed by atoms with van der Waals surface area (Å²) in [4.78, 5) is 10.2. The predicted octanol–water partition coefficient (Wildman–Crippen LogP) is 1.41. The van der Waals surface area contributed by atoms with Crippen molar-refractivity contribution in [3.05, 3.63) is 28.7 Å². The van der Waals surface area contributed by atoms with Gasteiger partial charge < -0.3 is 14.7 Å². The van der Waals surface area contributed by atoms with Crippen molar-refractivity contribution in [2.24, 2.45) is 0 Å². The Morgan fingerprint density at radius 2 is 2.33 bits per heavy atom. The largest absolute Gasteiger partial charge is 0.391 e. The van der Waals surface area contributed by atoms with Crippen molar-refractivity contribution in [1.29, 1.82) is 0 Å². The molecule has 0 atom stereocenters. The van der Waals surface area contributed by atoms with Gasteiger partial charge in [-0.1, -0.05) is 17.7 Å². The Bertz CT molecular complexity index is 451. The first-order valence-corrected chi connectivity index (χ1v) is 6.16. The minimum Gasteiger partial charge on any atom is -0.391 e. The molecule has 1 N–H and O–H groups in total. The fourth-order valence-electron chi connectivity index (χ4n) is 2.01. The predicted molar refractivity (Wildman–Crippen MR) is 69.8 cm³/mol. The van der Waals surface area contributed by atoms with Crippen LogP contribution in [0.2, 0.25) is 5.15 Å². The standard InChI is InChI=1S/C12H16ClN3O2/c1-18-7-9-2-4-16(5-3-9)12-10(6-17)11(13)14-8-15-12/h2,8,17H,3-7H2,1H3. The summed E-state index contributed by atoms with van der Waals surface area (Å²) in [6, 6.07) is 0. The molecule has 0 spiro atoms. The van der Waals surface area contributed by atoms with Crippen LogP contribution in [0, 0.1) is 0 Å². The first-order valence-electron chi connectivity index (χ1n) is 5.78. The number of nitrogens with zero attached hydrogens (tertiary/aromatic N) is 3. The van der Waals surface area contributed by atoms with Crippen molar-refractivity contribution in [1.82, 2.24) is 9.97 Å². The molecule has 2 heterocycles. The van der Waals surface area contributed by atoms with Crippen LogP contribution in [0.1, 0.15) is 12.0 Å². The van der Waals surface area contributed by atoms with Crippen molar-refractivity contribution >= 4 is 17.4 Å². The van der Waals surface area contributed by atoms with E-state index in [0.29, 0.717) is 23.1 Å². The molecule has 1 aliphatic rings. The Morgan fingerprint density at radius 1 is 1.50 bits per heavy atom. The van der Waals surface area contributed by atoms with Gasteiger partial charge in [-0.25, -0.2) is 9.97 Å². The van der Waals surface area contributed by atoms with Crippen LogP contribution in [0.5, 0.6) is 0 Å². The van der Waals surface area contributed by atoms with E-state index in [2.05, 4.69) is 20.9 Å². The quantitative estimate of drug-likeness (QED) is 0.661. The third kappa shape index (κ3) is 2.80. The van der Waals surface area contributed by atoms with Gasteiger partial charge in [0.25, 0.3) is 0 Å². The highest BCUT2D eigenvalue weighted by Crippen LogP contribution is 2.25. The fourth-order valence-corrected chi connectivity index (χ4v) is 2.20. The Hall–Kier alpha value is -1.17. The molecule has 0 fully saturated rings. The summed E-state index contributed by atoms with van der Waals surface area (Å²) in [5.41, 5.74) is 1.88. The van der Waals surface area contributed by atoms with E-state index in [1.54, 1.807) is 7.11 Å². The van der Waals surface area contributed by atoms with E-state index in [4.69, 9.17) is 16.3 Å². The number of ether oxygens (including phenoxy) is 1. The molecule has 0 bridgehead atoms. The lowest BCUT2D eigenvalue weighted by molar-refractivity contribution is 0.222. The highest BCUT2D eigenvalue weighted by molar-refractivity contribution is 6.30. The van der Waals surface area contributed by atoms with E-state index < -0.39 is 0 Å². The highest BCUT2D eigenvalue weighted by Gasteiger charge is 2.18. The summed E-state index contributed by atoms with van der Waals surface area (Å²) in [5, 5.41) is 9.65. The zero-order valence-electron chi connectivity index (χ0n) is 10.3. The molecule has 18 heavy (non-hydrogen) atoms. The zero-order chi connectivity index (χ0) is 13.0. The molecule has 0 saturated heterocycles. The van der Waals surface area contributed by atoms with Gasteiger partial charge in [-0.2, -0.15) is 0 Å². The van der Waals surface area contributed by atoms with Crippen molar-refractivity contribution in [3.8, 4) is 0 Å². The number of methoxy groups -OCH3 is 1. The SMILES string of the molecule is COCC1=CCN(c2ncnc(Cl)c2CO)CC1.